The fourth-order valence-corrected chi connectivity index (χ4v) is 2.92. The Kier molecular flexibility index (Phi) is 6.09. The third kappa shape index (κ3) is 5.25. The number of amides is 1. The molecule has 0 atom stereocenters. The fourth-order valence-electron chi connectivity index (χ4n) is 2.92. The van der Waals surface area contributed by atoms with E-state index in [1.54, 1.807) is 17.1 Å². The summed E-state index contributed by atoms with van der Waals surface area (Å²) in [5.41, 5.74) is -2.88. The average Bonchev–Trinajstić information content (AvgIpc) is 3.31. The number of nitrogens with zero attached hydrogens (tertiary/aromatic N) is 4. The van der Waals surface area contributed by atoms with Gasteiger partial charge >= 0.3 is 12.4 Å². The van der Waals surface area contributed by atoms with Gasteiger partial charge in [-0.1, -0.05) is 6.07 Å². The van der Waals surface area contributed by atoms with Gasteiger partial charge in [-0.25, -0.2) is 4.68 Å². The first-order valence-corrected chi connectivity index (χ1v) is 9.07. The number of halogens is 6. The smallest absolute Gasteiger partial charge is 0.352 e. The molecule has 0 spiro atoms. The zero-order valence-electron chi connectivity index (χ0n) is 16.1. The monoisotopic (exact) mass is 445 g/mol. The predicted octanol–water partition coefficient (Wildman–Crippen LogP) is 4.23. The molecule has 1 N–H and O–H groups in total. The molecule has 31 heavy (non-hydrogen) atoms. The minimum atomic E-state index is -5.02. The molecule has 166 valence electrons. The molecule has 0 fully saturated rings. The van der Waals surface area contributed by atoms with Gasteiger partial charge in [0.1, 0.15) is 0 Å². The van der Waals surface area contributed by atoms with E-state index in [9.17, 15) is 31.1 Å². The molecule has 0 saturated heterocycles. The van der Waals surface area contributed by atoms with Crippen LogP contribution in [0.1, 0.15) is 33.6 Å². The first-order valence-electron chi connectivity index (χ1n) is 9.07. The summed E-state index contributed by atoms with van der Waals surface area (Å²) >= 11 is 0. The maximum absolute atomic E-state index is 13.7. The fraction of sp³-hybridized carbons (Fsp3) is 0.316. The van der Waals surface area contributed by atoms with Crippen molar-refractivity contribution in [3.63, 3.8) is 0 Å². The Morgan fingerprint density at radius 2 is 1.81 bits per heavy atom. The van der Waals surface area contributed by atoms with E-state index in [2.05, 4.69) is 15.5 Å². The lowest BCUT2D eigenvalue weighted by atomic mass is 10.1. The number of nitrogens with one attached hydrogen (secondary N) is 1. The molecular weight excluding hydrogens is 428 g/mol. The number of rotatable bonds is 6. The lowest BCUT2D eigenvalue weighted by Crippen LogP contribution is -2.28. The third-order valence-corrected chi connectivity index (χ3v) is 4.31. The molecule has 1 amide bonds. The van der Waals surface area contributed by atoms with Gasteiger partial charge in [0, 0.05) is 19.3 Å². The molecule has 6 nitrogen and oxygen atoms in total. The standard InChI is InChI=1S/C19H17F6N5O/c1-12-9-27-29(11-12)7-3-6-26-17(31)15-10-28-30(16(15)19(23,24)25)14-5-2-4-13(8-14)18(20,21)22/h2,4-5,8-11H,3,6-7H2,1H3,(H,26,31). The van der Waals surface area contributed by atoms with Crippen LogP contribution in [0, 0.1) is 6.92 Å². The number of hydrogen-bond acceptors (Lipinski definition) is 3. The van der Waals surface area contributed by atoms with Gasteiger partial charge in [-0.2, -0.15) is 36.5 Å². The Balaban J connectivity index is 1.80. The van der Waals surface area contributed by atoms with Gasteiger partial charge in [-0.05, 0) is 37.1 Å². The van der Waals surface area contributed by atoms with Crippen LogP contribution in [0.3, 0.4) is 0 Å². The Labute approximate surface area is 172 Å². The van der Waals surface area contributed by atoms with Crippen molar-refractivity contribution in [3.8, 4) is 5.69 Å². The highest BCUT2D eigenvalue weighted by molar-refractivity contribution is 5.95. The minimum Gasteiger partial charge on any atom is -0.352 e. The molecule has 0 aliphatic rings. The summed E-state index contributed by atoms with van der Waals surface area (Å²) in [6.07, 6.45) is -5.23. The van der Waals surface area contributed by atoms with Crippen LogP contribution in [0.25, 0.3) is 5.69 Å². The van der Waals surface area contributed by atoms with Crippen molar-refractivity contribution in [2.45, 2.75) is 32.2 Å². The molecule has 3 rings (SSSR count). The van der Waals surface area contributed by atoms with Crippen molar-refractivity contribution in [2.75, 3.05) is 6.54 Å². The molecule has 0 unspecified atom stereocenters. The predicted molar refractivity (Wildman–Crippen MR) is 97.5 cm³/mol. The van der Waals surface area contributed by atoms with Crippen LogP contribution in [-0.4, -0.2) is 32.0 Å². The Hall–Kier alpha value is -3.31. The van der Waals surface area contributed by atoms with E-state index in [-0.39, 0.29) is 11.2 Å². The van der Waals surface area contributed by atoms with Crippen LogP contribution in [-0.2, 0) is 18.9 Å². The second-order valence-corrected chi connectivity index (χ2v) is 6.75. The Morgan fingerprint density at radius 3 is 2.42 bits per heavy atom. The topological polar surface area (TPSA) is 64.7 Å². The van der Waals surface area contributed by atoms with Crippen LogP contribution in [0.5, 0.6) is 0 Å². The van der Waals surface area contributed by atoms with Crippen LogP contribution < -0.4 is 5.32 Å². The molecule has 0 aliphatic heterocycles. The number of carbonyl (C=O) groups is 1. The molecule has 2 aromatic heterocycles. The van der Waals surface area contributed by atoms with Gasteiger partial charge in [0.05, 0.1) is 29.2 Å². The number of aryl methyl sites for hydroxylation is 2. The van der Waals surface area contributed by atoms with Gasteiger partial charge in [0.25, 0.3) is 5.91 Å². The third-order valence-electron chi connectivity index (χ3n) is 4.31. The minimum absolute atomic E-state index is 0.0732. The number of alkyl halides is 6. The molecule has 0 radical (unpaired) electrons. The summed E-state index contributed by atoms with van der Waals surface area (Å²) in [7, 11) is 0. The summed E-state index contributed by atoms with van der Waals surface area (Å²) < 4.78 is 81.7. The van der Waals surface area contributed by atoms with Crippen molar-refractivity contribution in [1.29, 1.82) is 0 Å². The van der Waals surface area contributed by atoms with Gasteiger partial charge in [-0.15, -0.1) is 0 Å². The van der Waals surface area contributed by atoms with Gasteiger partial charge in [-0.3, -0.25) is 9.48 Å². The lowest BCUT2D eigenvalue weighted by Gasteiger charge is -2.14. The highest BCUT2D eigenvalue weighted by Crippen LogP contribution is 2.35. The van der Waals surface area contributed by atoms with E-state index in [1.807, 2.05) is 6.92 Å². The zero-order chi connectivity index (χ0) is 22.8. The summed E-state index contributed by atoms with van der Waals surface area (Å²) in [6.45, 7) is 2.37. The van der Waals surface area contributed by atoms with Crippen LogP contribution in [0.15, 0.2) is 42.9 Å². The average molecular weight is 445 g/mol. The Bertz CT molecular complexity index is 1070. The van der Waals surface area contributed by atoms with E-state index in [4.69, 9.17) is 0 Å². The number of hydrogen-bond donors (Lipinski definition) is 1. The molecular formula is C19H17F6N5O. The second kappa shape index (κ2) is 8.44. The maximum Gasteiger partial charge on any atom is 0.434 e. The van der Waals surface area contributed by atoms with Crippen molar-refractivity contribution < 1.29 is 31.1 Å². The number of aromatic nitrogens is 4. The van der Waals surface area contributed by atoms with Crippen molar-refractivity contribution >= 4 is 5.91 Å². The molecule has 0 bridgehead atoms. The first-order chi connectivity index (χ1) is 14.5. The normalized spacial score (nSPS) is 12.2. The van der Waals surface area contributed by atoms with E-state index < -0.39 is 40.8 Å². The first kappa shape index (κ1) is 22.4. The second-order valence-electron chi connectivity index (χ2n) is 6.75. The Morgan fingerprint density at radius 1 is 1.06 bits per heavy atom. The SMILES string of the molecule is Cc1cnn(CCCNC(=O)c2cnn(-c3cccc(C(F)(F)F)c3)c2C(F)(F)F)c1. The van der Waals surface area contributed by atoms with Crippen molar-refractivity contribution in [3.05, 3.63) is 65.2 Å². The summed E-state index contributed by atoms with van der Waals surface area (Å²) in [5.74, 6) is -1.03. The largest absolute Gasteiger partial charge is 0.434 e. The highest BCUT2D eigenvalue weighted by atomic mass is 19.4. The summed E-state index contributed by atoms with van der Waals surface area (Å²) in [4.78, 5) is 12.3. The zero-order valence-corrected chi connectivity index (χ0v) is 16.1. The number of benzene rings is 1. The van der Waals surface area contributed by atoms with Crippen molar-refractivity contribution in [1.82, 2.24) is 24.9 Å². The van der Waals surface area contributed by atoms with Gasteiger partial charge in [0.2, 0.25) is 0 Å². The van der Waals surface area contributed by atoms with Gasteiger partial charge < -0.3 is 5.32 Å². The maximum atomic E-state index is 13.7. The number of carbonyl (C=O) groups excluding carboxylic acids is 1. The summed E-state index contributed by atoms with van der Waals surface area (Å²) in [5, 5.41) is 9.97. The molecule has 12 heteroatoms. The summed E-state index contributed by atoms with van der Waals surface area (Å²) in [6, 6.07) is 3.28. The van der Waals surface area contributed by atoms with Crippen LogP contribution in [0.2, 0.25) is 0 Å². The molecule has 0 aliphatic carbocycles. The molecule has 1 aromatic carbocycles. The van der Waals surface area contributed by atoms with E-state index >= 15 is 0 Å². The van der Waals surface area contributed by atoms with Crippen molar-refractivity contribution in [2.24, 2.45) is 0 Å². The highest BCUT2D eigenvalue weighted by Gasteiger charge is 2.41. The molecule has 3 aromatic rings. The van der Waals surface area contributed by atoms with E-state index in [0.717, 1.165) is 23.8 Å². The lowest BCUT2D eigenvalue weighted by molar-refractivity contribution is -0.143. The van der Waals surface area contributed by atoms with Crippen LogP contribution in [0.4, 0.5) is 26.3 Å². The quantitative estimate of drug-likeness (QED) is 0.456. The molecule has 0 saturated carbocycles. The molecule has 2 heterocycles. The van der Waals surface area contributed by atoms with E-state index in [1.165, 1.54) is 0 Å². The van der Waals surface area contributed by atoms with Gasteiger partial charge in [0.15, 0.2) is 5.69 Å². The van der Waals surface area contributed by atoms with E-state index in [0.29, 0.717) is 25.2 Å². The van der Waals surface area contributed by atoms with Crippen LogP contribution >= 0.6 is 0 Å².